The average molecular weight is 261 g/mol. The fourth-order valence-corrected chi connectivity index (χ4v) is 1.31. The van der Waals surface area contributed by atoms with E-state index in [0.717, 1.165) is 0 Å². The number of carbonyl (C=O) groups excluding carboxylic acids is 1. The second-order valence-corrected chi connectivity index (χ2v) is 3.79. The predicted octanol–water partition coefficient (Wildman–Crippen LogP) is 2.61. The van der Waals surface area contributed by atoms with Crippen LogP contribution in [0.15, 0.2) is 24.3 Å². The molecule has 0 aliphatic carbocycles. The van der Waals surface area contributed by atoms with Crippen molar-refractivity contribution >= 4 is 11.5 Å². The SMILES string of the molecule is CCC(=O)c1ccc(NCC(O)C(F)(F)F)cc1. The summed E-state index contributed by atoms with van der Waals surface area (Å²) >= 11 is 0. The maximum Gasteiger partial charge on any atom is 0.416 e. The lowest BCUT2D eigenvalue weighted by Crippen LogP contribution is -2.34. The summed E-state index contributed by atoms with van der Waals surface area (Å²) < 4.78 is 36.1. The third-order valence-corrected chi connectivity index (χ3v) is 2.41. The number of carbonyl (C=O) groups is 1. The van der Waals surface area contributed by atoms with E-state index in [1.54, 1.807) is 6.92 Å². The Hall–Kier alpha value is -1.56. The van der Waals surface area contributed by atoms with Gasteiger partial charge in [-0.15, -0.1) is 0 Å². The maximum absolute atomic E-state index is 12.0. The number of halogens is 3. The Morgan fingerprint density at radius 1 is 1.33 bits per heavy atom. The highest BCUT2D eigenvalue weighted by atomic mass is 19.4. The summed E-state index contributed by atoms with van der Waals surface area (Å²) in [7, 11) is 0. The van der Waals surface area contributed by atoms with Crippen LogP contribution in [0.2, 0.25) is 0 Å². The minimum absolute atomic E-state index is 0.0307. The van der Waals surface area contributed by atoms with E-state index in [1.807, 2.05) is 0 Å². The summed E-state index contributed by atoms with van der Waals surface area (Å²) in [5.41, 5.74) is 0.936. The maximum atomic E-state index is 12.0. The highest BCUT2D eigenvalue weighted by molar-refractivity contribution is 5.96. The largest absolute Gasteiger partial charge is 0.416 e. The van der Waals surface area contributed by atoms with E-state index in [2.05, 4.69) is 5.32 Å². The summed E-state index contributed by atoms with van der Waals surface area (Å²) in [6, 6.07) is 6.08. The Morgan fingerprint density at radius 2 is 1.89 bits per heavy atom. The van der Waals surface area contributed by atoms with Crippen molar-refractivity contribution in [1.29, 1.82) is 0 Å². The number of aliphatic hydroxyl groups is 1. The third kappa shape index (κ3) is 4.03. The first-order valence-corrected chi connectivity index (χ1v) is 5.46. The van der Waals surface area contributed by atoms with Crippen LogP contribution in [0.5, 0.6) is 0 Å². The molecule has 0 heterocycles. The summed E-state index contributed by atoms with van der Waals surface area (Å²) in [6.07, 6.45) is -6.67. The van der Waals surface area contributed by atoms with E-state index in [9.17, 15) is 18.0 Å². The third-order valence-electron chi connectivity index (χ3n) is 2.41. The molecule has 1 aromatic rings. The molecule has 1 aromatic carbocycles. The molecule has 1 atom stereocenters. The van der Waals surface area contributed by atoms with Crippen molar-refractivity contribution in [3.63, 3.8) is 0 Å². The minimum atomic E-state index is -4.63. The second-order valence-electron chi connectivity index (χ2n) is 3.79. The van der Waals surface area contributed by atoms with Gasteiger partial charge in [-0.05, 0) is 24.3 Å². The van der Waals surface area contributed by atoms with Crippen molar-refractivity contribution < 1.29 is 23.1 Å². The fraction of sp³-hybridized carbons (Fsp3) is 0.417. The van der Waals surface area contributed by atoms with E-state index >= 15 is 0 Å². The molecule has 100 valence electrons. The number of rotatable bonds is 5. The summed E-state index contributed by atoms with van der Waals surface area (Å²) in [5, 5.41) is 11.2. The van der Waals surface area contributed by atoms with E-state index in [1.165, 1.54) is 24.3 Å². The Morgan fingerprint density at radius 3 is 2.33 bits per heavy atom. The van der Waals surface area contributed by atoms with E-state index in [4.69, 9.17) is 5.11 Å². The van der Waals surface area contributed by atoms with Crippen molar-refractivity contribution in [2.75, 3.05) is 11.9 Å². The molecular weight excluding hydrogens is 247 g/mol. The van der Waals surface area contributed by atoms with Crippen molar-refractivity contribution in [1.82, 2.24) is 0 Å². The molecular formula is C12H14F3NO2. The van der Waals surface area contributed by atoms with Crippen molar-refractivity contribution in [2.45, 2.75) is 25.6 Å². The highest BCUT2D eigenvalue weighted by Gasteiger charge is 2.37. The van der Waals surface area contributed by atoms with Crippen LogP contribution in [0.3, 0.4) is 0 Å². The zero-order valence-electron chi connectivity index (χ0n) is 9.79. The molecule has 0 radical (unpaired) electrons. The van der Waals surface area contributed by atoms with E-state index in [0.29, 0.717) is 17.7 Å². The molecule has 0 fully saturated rings. The quantitative estimate of drug-likeness (QED) is 0.801. The van der Waals surface area contributed by atoms with Gasteiger partial charge < -0.3 is 10.4 Å². The smallest absolute Gasteiger partial charge is 0.382 e. The molecule has 6 heteroatoms. The summed E-state index contributed by atoms with van der Waals surface area (Å²) in [6.45, 7) is 1.11. The number of nitrogens with one attached hydrogen (secondary N) is 1. The molecule has 0 aliphatic heterocycles. The number of benzene rings is 1. The molecule has 1 unspecified atom stereocenters. The van der Waals surface area contributed by atoms with Gasteiger partial charge in [0.05, 0.1) is 0 Å². The van der Waals surface area contributed by atoms with Crippen LogP contribution in [-0.2, 0) is 0 Å². The number of alkyl halides is 3. The first-order chi connectivity index (χ1) is 8.34. The van der Waals surface area contributed by atoms with Crippen LogP contribution in [0.25, 0.3) is 0 Å². The summed E-state index contributed by atoms with van der Waals surface area (Å²) in [5.74, 6) is -0.0307. The van der Waals surface area contributed by atoms with Crippen molar-refractivity contribution in [3.8, 4) is 0 Å². The molecule has 0 saturated carbocycles. The van der Waals surface area contributed by atoms with Gasteiger partial charge in [0.1, 0.15) is 0 Å². The van der Waals surface area contributed by atoms with Crippen LogP contribution >= 0.6 is 0 Å². The van der Waals surface area contributed by atoms with Gasteiger partial charge in [-0.25, -0.2) is 0 Å². The number of anilines is 1. The molecule has 0 spiro atoms. The molecule has 2 N–H and O–H groups in total. The predicted molar refractivity (Wildman–Crippen MR) is 61.6 cm³/mol. The van der Waals surface area contributed by atoms with Crippen LogP contribution in [0, 0.1) is 0 Å². The topological polar surface area (TPSA) is 49.3 Å². The van der Waals surface area contributed by atoms with Gasteiger partial charge in [0, 0.05) is 24.2 Å². The Bertz CT molecular complexity index is 401. The number of hydrogen-bond donors (Lipinski definition) is 2. The van der Waals surface area contributed by atoms with Crippen LogP contribution in [0.4, 0.5) is 18.9 Å². The number of ketones is 1. The highest BCUT2D eigenvalue weighted by Crippen LogP contribution is 2.20. The van der Waals surface area contributed by atoms with Crippen LogP contribution in [0.1, 0.15) is 23.7 Å². The Balaban J connectivity index is 2.57. The van der Waals surface area contributed by atoms with Gasteiger partial charge in [-0.2, -0.15) is 13.2 Å². The normalized spacial score (nSPS) is 13.2. The lowest BCUT2D eigenvalue weighted by Gasteiger charge is -2.15. The van der Waals surface area contributed by atoms with Gasteiger partial charge in [-0.3, -0.25) is 4.79 Å². The number of aliphatic hydroxyl groups excluding tert-OH is 1. The number of Topliss-reactive ketones (excluding diaryl/α,β-unsaturated/α-hetero) is 1. The average Bonchev–Trinajstić information content (AvgIpc) is 2.34. The van der Waals surface area contributed by atoms with Crippen LogP contribution < -0.4 is 5.32 Å². The zero-order valence-corrected chi connectivity index (χ0v) is 9.79. The lowest BCUT2D eigenvalue weighted by atomic mass is 10.1. The van der Waals surface area contributed by atoms with Gasteiger partial charge >= 0.3 is 6.18 Å². The van der Waals surface area contributed by atoms with Crippen LogP contribution in [-0.4, -0.2) is 29.7 Å². The van der Waals surface area contributed by atoms with E-state index in [-0.39, 0.29) is 5.78 Å². The molecule has 0 bridgehead atoms. The molecule has 0 aromatic heterocycles. The standard InChI is InChI=1S/C12H14F3NO2/c1-2-10(17)8-3-5-9(6-4-8)16-7-11(18)12(13,14)15/h3-6,11,16,18H,2,7H2,1H3. The minimum Gasteiger partial charge on any atom is -0.382 e. The van der Waals surface area contributed by atoms with Gasteiger partial charge in [-0.1, -0.05) is 6.92 Å². The zero-order chi connectivity index (χ0) is 13.8. The molecule has 0 saturated heterocycles. The molecule has 1 rings (SSSR count). The van der Waals surface area contributed by atoms with Crippen molar-refractivity contribution in [2.24, 2.45) is 0 Å². The first-order valence-electron chi connectivity index (χ1n) is 5.46. The molecule has 18 heavy (non-hydrogen) atoms. The number of hydrogen-bond acceptors (Lipinski definition) is 3. The summed E-state index contributed by atoms with van der Waals surface area (Å²) in [4.78, 5) is 11.3. The Labute approximate surface area is 103 Å². The monoisotopic (exact) mass is 261 g/mol. The Kier molecular flexibility index (Phi) is 4.72. The fourth-order valence-electron chi connectivity index (χ4n) is 1.31. The lowest BCUT2D eigenvalue weighted by molar-refractivity contribution is -0.198. The van der Waals surface area contributed by atoms with E-state index < -0.39 is 18.8 Å². The molecule has 3 nitrogen and oxygen atoms in total. The van der Waals surface area contributed by atoms with Gasteiger partial charge in [0.2, 0.25) is 0 Å². The molecule has 0 amide bonds. The second kappa shape index (κ2) is 5.86. The molecule has 0 aliphatic rings. The van der Waals surface area contributed by atoms with Crippen molar-refractivity contribution in [3.05, 3.63) is 29.8 Å². The van der Waals surface area contributed by atoms with Gasteiger partial charge in [0.15, 0.2) is 11.9 Å². The first kappa shape index (κ1) is 14.5. The van der Waals surface area contributed by atoms with Gasteiger partial charge in [0.25, 0.3) is 0 Å².